The highest BCUT2D eigenvalue weighted by molar-refractivity contribution is 9.10. The second kappa shape index (κ2) is 6.57. The Morgan fingerprint density at radius 2 is 1.76 bits per heavy atom. The lowest BCUT2D eigenvalue weighted by Crippen LogP contribution is -2.21. The molecule has 0 N–H and O–H groups in total. The summed E-state index contributed by atoms with van der Waals surface area (Å²) in [5, 5.41) is 1.05. The van der Waals surface area contributed by atoms with Gasteiger partial charge in [0, 0.05) is 33.3 Å². The van der Waals surface area contributed by atoms with Crippen LogP contribution in [0.5, 0.6) is 0 Å². The number of carbonyl (C=O) groups is 1. The van der Waals surface area contributed by atoms with Gasteiger partial charge in [0.2, 0.25) is 0 Å². The van der Waals surface area contributed by atoms with E-state index in [9.17, 15) is 18.0 Å². The summed E-state index contributed by atoms with van der Waals surface area (Å²) >= 11 is 3.34. The Kier molecular flexibility index (Phi) is 4.62. The summed E-state index contributed by atoms with van der Waals surface area (Å²) < 4.78 is 25.3. The Hall–Kier alpha value is -2.25. The quantitative estimate of drug-likeness (QED) is 0.609. The number of benzene rings is 2. The van der Waals surface area contributed by atoms with E-state index >= 15 is 0 Å². The molecule has 0 aliphatic heterocycles. The Morgan fingerprint density at radius 3 is 2.36 bits per heavy atom. The topological polar surface area (TPSA) is 73.2 Å². The van der Waals surface area contributed by atoms with Gasteiger partial charge in [-0.05, 0) is 35.9 Å². The van der Waals surface area contributed by atoms with Crippen LogP contribution in [0.3, 0.4) is 0 Å². The van der Waals surface area contributed by atoms with E-state index in [1.54, 1.807) is 30.3 Å². The van der Waals surface area contributed by atoms with Crippen molar-refractivity contribution in [3.8, 4) is 0 Å². The Labute approximate surface area is 153 Å². The van der Waals surface area contributed by atoms with Crippen LogP contribution in [-0.4, -0.2) is 25.5 Å². The van der Waals surface area contributed by atoms with Crippen LogP contribution in [0, 0.1) is 0 Å². The van der Waals surface area contributed by atoms with Gasteiger partial charge in [0.05, 0.1) is 11.4 Å². The normalized spacial score (nSPS) is 11.6. The maximum Gasteiger partial charge on any atom is 0.258 e. The standard InChI is InChI=1S/C18H14BrNO4S/c1-25(23,24)15-5-2-12(3-6-15)9-20-10-13(11-21)17-8-14(19)4-7-16(17)18(20)22/h2-8,10-11H,9H2,1H3. The number of pyridine rings is 1. The fraction of sp³-hybridized carbons (Fsp3) is 0.111. The van der Waals surface area contributed by atoms with Gasteiger partial charge in [0.25, 0.3) is 5.56 Å². The number of fused-ring (bicyclic) bond motifs is 1. The molecule has 0 aliphatic carbocycles. The Morgan fingerprint density at radius 1 is 1.08 bits per heavy atom. The first-order chi connectivity index (χ1) is 11.8. The van der Waals surface area contributed by atoms with Crippen molar-refractivity contribution in [3.63, 3.8) is 0 Å². The Bertz CT molecular complexity index is 1130. The second-order valence-corrected chi connectivity index (χ2v) is 8.67. The number of hydrogen-bond acceptors (Lipinski definition) is 4. The van der Waals surface area contributed by atoms with Gasteiger partial charge in [-0.2, -0.15) is 0 Å². The van der Waals surface area contributed by atoms with Crippen molar-refractivity contribution in [3.05, 3.63) is 74.6 Å². The first-order valence-corrected chi connectivity index (χ1v) is 10.0. The van der Waals surface area contributed by atoms with Gasteiger partial charge >= 0.3 is 0 Å². The predicted molar refractivity (Wildman–Crippen MR) is 99.9 cm³/mol. The fourth-order valence-corrected chi connectivity index (χ4v) is 3.63. The van der Waals surface area contributed by atoms with Crippen LogP contribution in [0.4, 0.5) is 0 Å². The zero-order valence-corrected chi connectivity index (χ0v) is 15.7. The molecule has 2 aromatic carbocycles. The summed E-state index contributed by atoms with van der Waals surface area (Å²) in [6, 6.07) is 11.5. The largest absolute Gasteiger partial charge is 0.310 e. The lowest BCUT2D eigenvalue weighted by molar-refractivity contribution is 0.112. The van der Waals surface area contributed by atoms with Gasteiger partial charge in [-0.25, -0.2) is 8.42 Å². The fourth-order valence-electron chi connectivity index (χ4n) is 2.64. The van der Waals surface area contributed by atoms with E-state index in [0.29, 0.717) is 16.3 Å². The van der Waals surface area contributed by atoms with E-state index in [1.165, 1.54) is 22.9 Å². The summed E-state index contributed by atoms with van der Waals surface area (Å²) in [4.78, 5) is 24.3. The molecule has 1 aromatic heterocycles. The minimum atomic E-state index is -3.26. The van der Waals surface area contributed by atoms with Gasteiger partial charge in [-0.3, -0.25) is 9.59 Å². The number of sulfone groups is 1. The predicted octanol–water partition coefficient (Wildman–Crippen LogP) is 3.03. The summed E-state index contributed by atoms with van der Waals surface area (Å²) in [5.41, 5.74) is 0.978. The molecule has 0 aliphatic rings. The molecule has 0 bridgehead atoms. The number of rotatable bonds is 4. The van der Waals surface area contributed by atoms with Crippen molar-refractivity contribution in [1.82, 2.24) is 4.57 Å². The third kappa shape index (κ3) is 3.57. The highest BCUT2D eigenvalue weighted by atomic mass is 79.9. The maximum absolute atomic E-state index is 12.7. The summed E-state index contributed by atoms with van der Waals surface area (Å²) in [5.74, 6) is 0. The second-order valence-electron chi connectivity index (χ2n) is 5.74. The molecule has 128 valence electrons. The SMILES string of the molecule is CS(=O)(=O)c1ccc(Cn2cc(C=O)c3cc(Br)ccc3c2=O)cc1. The van der Waals surface area contributed by atoms with E-state index in [1.807, 2.05) is 0 Å². The summed E-state index contributed by atoms with van der Waals surface area (Å²) in [6.07, 6.45) is 3.39. The van der Waals surface area contributed by atoms with E-state index in [-0.39, 0.29) is 17.0 Å². The van der Waals surface area contributed by atoms with Crippen LogP contribution in [0.1, 0.15) is 15.9 Å². The molecule has 0 amide bonds. The summed E-state index contributed by atoms with van der Waals surface area (Å²) in [7, 11) is -3.26. The minimum absolute atomic E-state index is 0.208. The monoisotopic (exact) mass is 419 g/mol. The van der Waals surface area contributed by atoms with E-state index < -0.39 is 9.84 Å². The molecule has 0 radical (unpaired) electrons. The van der Waals surface area contributed by atoms with Crippen LogP contribution in [0.2, 0.25) is 0 Å². The van der Waals surface area contributed by atoms with Crippen molar-refractivity contribution >= 4 is 42.8 Å². The summed E-state index contributed by atoms with van der Waals surface area (Å²) in [6.45, 7) is 0.246. The molecule has 0 spiro atoms. The van der Waals surface area contributed by atoms with Gasteiger partial charge in [0.1, 0.15) is 0 Å². The number of aromatic nitrogens is 1. The van der Waals surface area contributed by atoms with E-state index in [0.717, 1.165) is 22.6 Å². The average molecular weight is 420 g/mol. The highest BCUT2D eigenvalue weighted by Gasteiger charge is 2.10. The van der Waals surface area contributed by atoms with Crippen molar-refractivity contribution < 1.29 is 13.2 Å². The van der Waals surface area contributed by atoms with Gasteiger partial charge in [0.15, 0.2) is 16.1 Å². The van der Waals surface area contributed by atoms with Gasteiger partial charge in [-0.1, -0.05) is 28.1 Å². The average Bonchev–Trinajstić information content (AvgIpc) is 2.57. The maximum atomic E-state index is 12.7. The molecule has 3 rings (SSSR count). The molecule has 0 atom stereocenters. The number of aldehydes is 1. The minimum Gasteiger partial charge on any atom is -0.310 e. The molecule has 3 aromatic rings. The van der Waals surface area contributed by atoms with Crippen LogP contribution in [-0.2, 0) is 16.4 Å². The number of hydrogen-bond donors (Lipinski definition) is 0. The van der Waals surface area contributed by atoms with Crippen molar-refractivity contribution in [2.75, 3.05) is 6.26 Å². The number of halogens is 1. The van der Waals surface area contributed by atoms with Crippen LogP contribution in [0.15, 0.2) is 62.8 Å². The van der Waals surface area contributed by atoms with Crippen LogP contribution in [0.25, 0.3) is 10.8 Å². The molecule has 0 fully saturated rings. The highest BCUT2D eigenvalue weighted by Crippen LogP contribution is 2.20. The third-order valence-corrected chi connectivity index (χ3v) is 5.53. The zero-order chi connectivity index (χ0) is 18.2. The van der Waals surface area contributed by atoms with Crippen molar-refractivity contribution in [2.45, 2.75) is 11.4 Å². The van der Waals surface area contributed by atoms with Crippen molar-refractivity contribution in [2.24, 2.45) is 0 Å². The first kappa shape index (κ1) is 17.6. The molecule has 25 heavy (non-hydrogen) atoms. The van der Waals surface area contributed by atoms with Crippen molar-refractivity contribution in [1.29, 1.82) is 0 Å². The van der Waals surface area contributed by atoms with Crippen LogP contribution < -0.4 is 5.56 Å². The molecular formula is C18H14BrNO4S. The smallest absolute Gasteiger partial charge is 0.258 e. The molecule has 1 heterocycles. The van der Waals surface area contributed by atoms with Gasteiger partial charge in [-0.15, -0.1) is 0 Å². The number of carbonyl (C=O) groups excluding carboxylic acids is 1. The zero-order valence-electron chi connectivity index (χ0n) is 13.3. The molecule has 0 unspecified atom stereocenters. The van der Waals surface area contributed by atoms with E-state index in [2.05, 4.69) is 15.9 Å². The lowest BCUT2D eigenvalue weighted by atomic mass is 10.1. The molecule has 5 nitrogen and oxygen atoms in total. The molecular weight excluding hydrogens is 406 g/mol. The molecule has 7 heteroatoms. The first-order valence-electron chi connectivity index (χ1n) is 7.36. The van der Waals surface area contributed by atoms with E-state index in [4.69, 9.17) is 0 Å². The number of nitrogens with zero attached hydrogens (tertiary/aromatic N) is 1. The third-order valence-electron chi connectivity index (χ3n) is 3.91. The Balaban J connectivity index is 2.07. The lowest BCUT2D eigenvalue weighted by Gasteiger charge is -2.10. The van der Waals surface area contributed by atoms with Gasteiger partial charge < -0.3 is 4.57 Å². The van der Waals surface area contributed by atoms with Crippen LogP contribution >= 0.6 is 15.9 Å². The molecule has 0 saturated carbocycles. The molecule has 0 saturated heterocycles.